The zero-order chi connectivity index (χ0) is 24.6. The van der Waals surface area contributed by atoms with Gasteiger partial charge in [0, 0.05) is 57.4 Å². The Hall–Kier alpha value is -1.95. The molecule has 11 heteroatoms. The second-order valence-corrected chi connectivity index (χ2v) is 11.8. The lowest BCUT2D eigenvalue weighted by Crippen LogP contribution is -2.59. The third kappa shape index (κ3) is 5.76. The van der Waals surface area contributed by atoms with Crippen LogP contribution in [-0.4, -0.2) is 84.5 Å². The zero-order valence-electron chi connectivity index (χ0n) is 20.2. The van der Waals surface area contributed by atoms with Crippen molar-refractivity contribution >= 4 is 21.8 Å². The van der Waals surface area contributed by atoms with Crippen molar-refractivity contribution in [1.29, 1.82) is 0 Å². The summed E-state index contributed by atoms with van der Waals surface area (Å²) in [7, 11) is -2.17. The molecule has 2 saturated heterocycles. The summed E-state index contributed by atoms with van der Waals surface area (Å²) in [5, 5.41) is 3.08. The number of nitrogens with one attached hydrogen (secondary N) is 1. The molecule has 2 aliphatic heterocycles. The van der Waals surface area contributed by atoms with Crippen LogP contribution in [0.5, 0.6) is 0 Å². The molecular formula is C22H37N5O5S. The van der Waals surface area contributed by atoms with Crippen molar-refractivity contribution < 1.29 is 22.7 Å². The smallest absolute Gasteiger partial charge is 0.265 e. The normalized spacial score (nSPS) is 24.0. The van der Waals surface area contributed by atoms with Crippen LogP contribution in [0.2, 0.25) is 0 Å². The number of hydrogen-bond donors (Lipinski definition) is 2. The third-order valence-corrected chi connectivity index (χ3v) is 8.53. The lowest BCUT2D eigenvalue weighted by molar-refractivity contribution is -0.127. The van der Waals surface area contributed by atoms with Crippen LogP contribution in [0.4, 0.5) is 0 Å². The fraction of sp³-hybridized carbons (Fsp3) is 0.727. The number of aromatic nitrogens is 1. The number of nitrogens with zero attached hydrogens (tertiary/aromatic N) is 3. The quantitative estimate of drug-likeness (QED) is 0.582. The molecule has 2 atom stereocenters. The number of sulfonamides is 1. The van der Waals surface area contributed by atoms with E-state index in [0.29, 0.717) is 19.4 Å². The van der Waals surface area contributed by atoms with Crippen molar-refractivity contribution in [2.45, 2.75) is 63.2 Å². The lowest BCUT2D eigenvalue weighted by Gasteiger charge is -2.45. The van der Waals surface area contributed by atoms with Gasteiger partial charge in [-0.1, -0.05) is 0 Å². The van der Waals surface area contributed by atoms with Crippen molar-refractivity contribution in [1.82, 2.24) is 19.1 Å². The molecule has 10 nitrogen and oxygen atoms in total. The number of amides is 2. The molecular weight excluding hydrogens is 446 g/mol. The van der Waals surface area contributed by atoms with E-state index in [9.17, 15) is 18.0 Å². The molecule has 0 bridgehead atoms. The number of carbonyl (C=O) groups is 2. The van der Waals surface area contributed by atoms with Crippen LogP contribution in [0.15, 0.2) is 17.2 Å². The Morgan fingerprint density at radius 2 is 1.76 bits per heavy atom. The minimum Gasteiger partial charge on any atom is -0.373 e. The highest BCUT2D eigenvalue weighted by Crippen LogP contribution is 2.26. The number of rotatable bonds is 7. The van der Waals surface area contributed by atoms with Crippen LogP contribution >= 0.6 is 0 Å². The molecule has 0 spiro atoms. The summed E-state index contributed by atoms with van der Waals surface area (Å²) >= 11 is 0. The Labute approximate surface area is 196 Å². The molecule has 186 valence electrons. The molecule has 3 heterocycles. The summed E-state index contributed by atoms with van der Waals surface area (Å²) in [5.41, 5.74) is 5.22. The van der Waals surface area contributed by atoms with Crippen molar-refractivity contribution in [3.63, 3.8) is 0 Å². The molecule has 2 amide bonds. The number of primary amides is 1. The number of ether oxygens (including phenoxy) is 1. The third-order valence-electron chi connectivity index (χ3n) is 6.67. The van der Waals surface area contributed by atoms with E-state index < -0.39 is 15.9 Å². The summed E-state index contributed by atoms with van der Waals surface area (Å²) in [6.07, 6.45) is 2.60. The van der Waals surface area contributed by atoms with Gasteiger partial charge in [0.2, 0.25) is 15.9 Å². The fourth-order valence-corrected chi connectivity index (χ4v) is 6.20. The number of carbonyl (C=O) groups excluding carboxylic acids is 2. The predicted octanol–water partition coefficient (Wildman–Crippen LogP) is 0.529. The van der Waals surface area contributed by atoms with Gasteiger partial charge in [0.05, 0.1) is 12.2 Å². The van der Waals surface area contributed by atoms with Gasteiger partial charge in [-0.3, -0.25) is 14.5 Å². The maximum atomic E-state index is 13.0. The molecule has 2 fully saturated rings. The number of hydrogen-bond acceptors (Lipinski definition) is 6. The van der Waals surface area contributed by atoms with E-state index in [4.69, 9.17) is 10.5 Å². The fourth-order valence-electron chi connectivity index (χ4n) is 4.66. The predicted molar refractivity (Wildman–Crippen MR) is 124 cm³/mol. The molecule has 0 radical (unpaired) electrons. The largest absolute Gasteiger partial charge is 0.373 e. The van der Waals surface area contributed by atoms with Crippen LogP contribution in [0.25, 0.3) is 0 Å². The summed E-state index contributed by atoms with van der Waals surface area (Å²) < 4.78 is 34.6. The van der Waals surface area contributed by atoms with Gasteiger partial charge in [0.1, 0.15) is 10.6 Å². The monoisotopic (exact) mass is 483 g/mol. The highest BCUT2D eigenvalue weighted by Gasteiger charge is 2.36. The van der Waals surface area contributed by atoms with E-state index in [1.165, 1.54) is 21.1 Å². The first kappa shape index (κ1) is 25.7. The zero-order valence-corrected chi connectivity index (χ0v) is 21.0. The Morgan fingerprint density at radius 1 is 1.18 bits per heavy atom. The molecule has 3 rings (SSSR count). The Morgan fingerprint density at radius 3 is 2.27 bits per heavy atom. The van der Waals surface area contributed by atoms with Crippen LogP contribution < -0.4 is 11.1 Å². The van der Waals surface area contributed by atoms with E-state index in [0.717, 1.165) is 13.1 Å². The Kier molecular flexibility index (Phi) is 7.57. The van der Waals surface area contributed by atoms with Crippen molar-refractivity contribution in [2.24, 2.45) is 18.7 Å². The first-order chi connectivity index (χ1) is 15.3. The standard InChI is InChI=1S/C22H37N5O5S/c1-15-11-26(12-16(2)32-15)22(3,4)14-24-21(29)17-6-8-27(9-7-17)33(30,31)18-10-19(20(23)28)25(5)13-18/h10,13,15-17H,6-9,11-12,14H2,1-5H3,(H2,23,28)(H,24,29). The minimum atomic E-state index is -3.75. The van der Waals surface area contributed by atoms with E-state index in [-0.39, 0.29) is 53.3 Å². The average Bonchev–Trinajstić information content (AvgIpc) is 3.14. The minimum absolute atomic E-state index is 0.0368. The number of aryl methyl sites for hydroxylation is 1. The highest BCUT2D eigenvalue weighted by molar-refractivity contribution is 7.89. The molecule has 3 N–H and O–H groups in total. The molecule has 1 aromatic heterocycles. The van der Waals surface area contributed by atoms with E-state index in [1.54, 1.807) is 7.05 Å². The molecule has 33 heavy (non-hydrogen) atoms. The summed E-state index contributed by atoms with van der Waals surface area (Å²) in [5.74, 6) is -0.949. The van der Waals surface area contributed by atoms with Crippen LogP contribution in [-0.2, 0) is 26.6 Å². The molecule has 0 saturated carbocycles. The topological polar surface area (TPSA) is 127 Å². The van der Waals surface area contributed by atoms with Gasteiger partial charge in [-0.15, -0.1) is 0 Å². The van der Waals surface area contributed by atoms with E-state index in [2.05, 4.69) is 37.9 Å². The molecule has 1 aromatic rings. The van der Waals surface area contributed by atoms with Crippen LogP contribution in [0, 0.1) is 5.92 Å². The van der Waals surface area contributed by atoms with E-state index in [1.807, 2.05) is 0 Å². The summed E-state index contributed by atoms with van der Waals surface area (Å²) in [6.45, 7) is 11.0. The van der Waals surface area contributed by atoms with Gasteiger partial charge in [-0.25, -0.2) is 8.42 Å². The second kappa shape index (κ2) is 9.73. The van der Waals surface area contributed by atoms with Crippen LogP contribution in [0.1, 0.15) is 51.0 Å². The number of nitrogens with two attached hydrogens (primary N) is 1. The van der Waals surface area contributed by atoms with Gasteiger partial charge in [0.25, 0.3) is 5.91 Å². The van der Waals surface area contributed by atoms with Gasteiger partial charge in [0.15, 0.2) is 0 Å². The Balaban J connectivity index is 1.54. The first-order valence-corrected chi connectivity index (χ1v) is 12.9. The van der Waals surface area contributed by atoms with E-state index >= 15 is 0 Å². The maximum absolute atomic E-state index is 13.0. The van der Waals surface area contributed by atoms with Gasteiger partial charge >= 0.3 is 0 Å². The van der Waals surface area contributed by atoms with Crippen molar-refractivity contribution in [3.05, 3.63) is 18.0 Å². The first-order valence-electron chi connectivity index (χ1n) is 11.5. The van der Waals surface area contributed by atoms with Gasteiger partial charge in [-0.05, 0) is 46.6 Å². The molecule has 0 aliphatic carbocycles. The summed E-state index contributed by atoms with van der Waals surface area (Å²) in [4.78, 5) is 26.7. The van der Waals surface area contributed by atoms with Gasteiger partial charge < -0.3 is 20.4 Å². The lowest BCUT2D eigenvalue weighted by atomic mass is 9.95. The molecule has 2 aliphatic rings. The molecule has 2 unspecified atom stereocenters. The number of morpholine rings is 1. The molecule has 0 aromatic carbocycles. The van der Waals surface area contributed by atoms with Crippen molar-refractivity contribution in [2.75, 3.05) is 32.7 Å². The highest BCUT2D eigenvalue weighted by atomic mass is 32.2. The SMILES string of the molecule is CC1CN(C(C)(C)CNC(=O)C2CCN(S(=O)(=O)c3cc(C(N)=O)n(C)c3)CC2)CC(C)O1. The van der Waals surface area contributed by atoms with Gasteiger partial charge in [-0.2, -0.15) is 4.31 Å². The summed E-state index contributed by atoms with van der Waals surface area (Å²) in [6, 6.07) is 1.30. The second-order valence-electron chi connectivity index (χ2n) is 9.91. The average molecular weight is 484 g/mol. The van der Waals surface area contributed by atoms with Crippen LogP contribution in [0.3, 0.4) is 0 Å². The number of piperidine rings is 1. The Bertz CT molecular complexity index is 971. The maximum Gasteiger partial charge on any atom is 0.265 e. The van der Waals surface area contributed by atoms with Crippen molar-refractivity contribution in [3.8, 4) is 0 Å².